The minimum atomic E-state index is -1.02. The first-order valence-corrected chi connectivity index (χ1v) is 9.77. The number of fused-ring (bicyclic) bond motifs is 3. The topological polar surface area (TPSA) is 83.1 Å². The summed E-state index contributed by atoms with van der Waals surface area (Å²) in [5, 5.41) is 17.8. The summed E-state index contributed by atoms with van der Waals surface area (Å²) in [4.78, 5) is 13.2. The van der Waals surface area contributed by atoms with Gasteiger partial charge in [0.25, 0.3) is 0 Å². The first kappa shape index (κ1) is 18.1. The predicted molar refractivity (Wildman–Crippen MR) is 102 cm³/mol. The van der Waals surface area contributed by atoms with Crippen molar-refractivity contribution in [3.05, 3.63) is 46.7 Å². The van der Waals surface area contributed by atoms with E-state index >= 15 is 0 Å². The third-order valence-corrected chi connectivity index (χ3v) is 7.33. The Labute approximate surface area is 164 Å². The lowest BCUT2D eigenvalue weighted by atomic mass is 9.51. The number of benzene rings is 1. The molecule has 3 aliphatic heterocycles. The number of hydroxylamine groups is 2. The molecule has 0 aromatic heterocycles. The number of ether oxygens (including phenoxy) is 3. The van der Waals surface area contributed by atoms with Crippen LogP contribution in [0, 0.1) is 17.0 Å². The van der Waals surface area contributed by atoms with Crippen molar-refractivity contribution in [3.63, 3.8) is 0 Å². The summed E-state index contributed by atoms with van der Waals surface area (Å²) in [5.41, 5.74) is 1.16. The van der Waals surface area contributed by atoms with Crippen LogP contribution in [-0.2, 0) is 24.4 Å². The van der Waals surface area contributed by atoms with Crippen molar-refractivity contribution in [1.29, 1.82) is 0 Å². The van der Waals surface area contributed by atoms with Crippen molar-refractivity contribution < 1.29 is 19.0 Å². The second kappa shape index (κ2) is 6.03. The number of para-hydroxylation sites is 1. The number of piperidine rings is 1. The summed E-state index contributed by atoms with van der Waals surface area (Å²) in [6.45, 7) is 2.21. The molecule has 1 aromatic carbocycles. The monoisotopic (exact) mass is 385 g/mol. The number of esters is 1. The van der Waals surface area contributed by atoms with Gasteiger partial charge in [0.1, 0.15) is 0 Å². The van der Waals surface area contributed by atoms with Crippen LogP contribution in [0.4, 0.5) is 5.69 Å². The summed E-state index contributed by atoms with van der Waals surface area (Å²) in [5.74, 6) is -0.775. The van der Waals surface area contributed by atoms with Gasteiger partial charge in [-0.15, -0.1) is 0 Å². The molecular weight excluding hydrogens is 360 g/mol. The molecule has 7 heteroatoms. The van der Waals surface area contributed by atoms with Crippen LogP contribution in [0.3, 0.4) is 0 Å². The van der Waals surface area contributed by atoms with Crippen LogP contribution in [0.15, 0.2) is 35.9 Å². The molecule has 150 valence electrons. The highest BCUT2D eigenvalue weighted by atomic mass is 16.7. The summed E-state index contributed by atoms with van der Waals surface area (Å²) in [6.07, 6.45) is 2.51. The van der Waals surface area contributed by atoms with Gasteiger partial charge in [-0.1, -0.05) is 29.8 Å². The maximum atomic E-state index is 13.2. The molecule has 2 saturated heterocycles. The molecule has 3 heterocycles. The molecule has 0 radical (unpaired) electrons. The Kier molecular flexibility index (Phi) is 3.90. The molecule has 6 unspecified atom stereocenters. The van der Waals surface area contributed by atoms with E-state index in [-0.39, 0.29) is 18.4 Å². The van der Waals surface area contributed by atoms with Gasteiger partial charge in [-0.3, -0.25) is 4.79 Å². The van der Waals surface area contributed by atoms with Gasteiger partial charge in [-0.05, 0) is 30.9 Å². The summed E-state index contributed by atoms with van der Waals surface area (Å²) >= 11 is 0. The molecule has 7 nitrogen and oxygen atoms in total. The maximum absolute atomic E-state index is 13.2. The van der Waals surface area contributed by atoms with Crippen LogP contribution in [0.25, 0.3) is 0 Å². The first-order chi connectivity index (χ1) is 13.5. The molecule has 2 bridgehead atoms. The molecule has 1 aromatic rings. The number of rotatable bonds is 2. The molecule has 1 aliphatic carbocycles. The molecular formula is C21H25N2O5-. The Morgan fingerprint density at radius 1 is 1.39 bits per heavy atom. The zero-order valence-electron chi connectivity index (χ0n) is 16.3. The standard InChI is InChI=1S/C21H25N2O5/c1-4-12-11-23(25)16-9-13(12)18(19(24)27-3)20-10-17(26-2)28-21(16,20)22-15-8-6-5-7-14(15)20/h4-8,13,16-18,22H,9-11H2,1-3H3/q-1. The Balaban J connectivity index is 1.81. The Bertz CT molecular complexity index is 857. The molecule has 4 aliphatic rings. The number of carbonyl (C=O) groups is 1. The number of hydrogen-bond acceptors (Lipinski definition) is 7. The maximum Gasteiger partial charge on any atom is 0.310 e. The lowest BCUT2D eigenvalue weighted by Gasteiger charge is -2.62. The van der Waals surface area contributed by atoms with Gasteiger partial charge in [-0.25, -0.2) is 0 Å². The Morgan fingerprint density at radius 3 is 2.89 bits per heavy atom. The number of hydrogen-bond donors (Lipinski definition) is 1. The number of carbonyl (C=O) groups excluding carboxylic acids is 1. The number of nitrogens with zero attached hydrogens (tertiary/aromatic N) is 1. The van der Waals surface area contributed by atoms with E-state index in [1.807, 2.05) is 37.3 Å². The average molecular weight is 385 g/mol. The van der Waals surface area contributed by atoms with E-state index in [0.717, 1.165) is 21.9 Å². The smallest absolute Gasteiger partial charge is 0.310 e. The van der Waals surface area contributed by atoms with Crippen molar-refractivity contribution in [2.24, 2.45) is 11.8 Å². The fraction of sp³-hybridized carbons (Fsp3) is 0.571. The van der Waals surface area contributed by atoms with Gasteiger partial charge < -0.3 is 29.8 Å². The molecule has 6 atom stereocenters. The predicted octanol–water partition coefficient (Wildman–Crippen LogP) is 2.38. The van der Waals surface area contributed by atoms with Gasteiger partial charge in [0, 0.05) is 31.8 Å². The number of methoxy groups -OCH3 is 2. The van der Waals surface area contributed by atoms with Crippen LogP contribution >= 0.6 is 0 Å². The van der Waals surface area contributed by atoms with E-state index in [1.54, 1.807) is 7.11 Å². The average Bonchev–Trinajstić information content (AvgIpc) is 3.19. The van der Waals surface area contributed by atoms with Crippen LogP contribution in [-0.4, -0.2) is 49.9 Å². The highest BCUT2D eigenvalue weighted by Gasteiger charge is 2.77. The molecule has 0 amide bonds. The second-order valence-corrected chi connectivity index (χ2v) is 8.16. The van der Waals surface area contributed by atoms with Crippen molar-refractivity contribution in [2.45, 2.75) is 43.2 Å². The van der Waals surface area contributed by atoms with Crippen molar-refractivity contribution in [3.8, 4) is 0 Å². The summed E-state index contributed by atoms with van der Waals surface area (Å²) < 4.78 is 17.4. The molecule has 0 spiro atoms. The van der Waals surface area contributed by atoms with E-state index in [2.05, 4.69) is 5.32 Å². The van der Waals surface area contributed by atoms with Gasteiger partial charge in [0.05, 0.1) is 18.4 Å². The van der Waals surface area contributed by atoms with Gasteiger partial charge in [0.2, 0.25) is 0 Å². The molecule has 28 heavy (non-hydrogen) atoms. The second-order valence-electron chi connectivity index (χ2n) is 8.16. The molecule has 3 fully saturated rings. The number of allylic oxidation sites excluding steroid dienone is 1. The quantitative estimate of drug-likeness (QED) is 0.618. The van der Waals surface area contributed by atoms with E-state index in [4.69, 9.17) is 14.2 Å². The van der Waals surface area contributed by atoms with Gasteiger partial charge >= 0.3 is 5.97 Å². The minimum Gasteiger partial charge on any atom is -0.785 e. The van der Waals surface area contributed by atoms with Gasteiger partial charge in [-0.2, -0.15) is 0 Å². The lowest BCUT2D eigenvalue weighted by Crippen LogP contribution is -2.72. The summed E-state index contributed by atoms with van der Waals surface area (Å²) in [7, 11) is 3.03. The normalized spacial score (nSPS) is 42.5. The van der Waals surface area contributed by atoms with Crippen molar-refractivity contribution >= 4 is 11.7 Å². The summed E-state index contributed by atoms with van der Waals surface area (Å²) in [6, 6.07) is 7.51. The van der Waals surface area contributed by atoms with Crippen LogP contribution < -0.4 is 5.32 Å². The fourth-order valence-electron chi connectivity index (χ4n) is 6.29. The van der Waals surface area contributed by atoms with Crippen molar-refractivity contribution in [2.75, 3.05) is 26.1 Å². The third-order valence-electron chi connectivity index (χ3n) is 7.33. The van der Waals surface area contributed by atoms with Crippen LogP contribution in [0.1, 0.15) is 25.3 Å². The Morgan fingerprint density at radius 2 is 2.18 bits per heavy atom. The number of anilines is 1. The lowest BCUT2D eigenvalue weighted by molar-refractivity contribution is -0.195. The zero-order chi connectivity index (χ0) is 19.7. The number of nitrogens with one attached hydrogen (secondary N) is 1. The van der Waals surface area contributed by atoms with E-state index in [0.29, 0.717) is 12.8 Å². The van der Waals surface area contributed by atoms with E-state index in [1.165, 1.54) is 7.11 Å². The SMILES string of the molecule is CC=C1CN([O-])C2CC1C(C(=O)OC)C13CC(OC)OC21Nc1ccccc13. The molecule has 1 N–H and O–H groups in total. The largest absolute Gasteiger partial charge is 0.785 e. The fourth-order valence-corrected chi connectivity index (χ4v) is 6.29. The van der Waals surface area contributed by atoms with E-state index in [9.17, 15) is 10.0 Å². The van der Waals surface area contributed by atoms with Crippen LogP contribution in [0.2, 0.25) is 0 Å². The van der Waals surface area contributed by atoms with E-state index < -0.39 is 29.4 Å². The molecule has 1 saturated carbocycles. The first-order valence-electron chi connectivity index (χ1n) is 9.77. The van der Waals surface area contributed by atoms with Crippen LogP contribution in [0.5, 0.6) is 0 Å². The minimum absolute atomic E-state index is 0.0621. The highest BCUT2D eigenvalue weighted by molar-refractivity contribution is 5.81. The zero-order valence-corrected chi connectivity index (χ0v) is 16.3. The third kappa shape index (κ3) is 1.95. The van der Waals surface area contributed by atoms with Crippen molar-refractivity contribution in [1.82, 2.24) is 5.06 Å². The molecule has 5 rings (SSSR count). The Hall–Kier alpha value is -1.93. The highest BCUT2D eigenvalue weighted by Crippen LogP contribution is 2.68. The van der Waals surface area contributed by atoms with Gasteiger partial charge in [0.15, 0.2) is 12.0 Å².